The normalized spacial score (nSPS) is 11.2. The lowest BCUT2D eigenvalue weighted by Gasteiger charge is -2.04. The van der Waals surface area contributed by atoms with Gasteiger partial charge in [-0.25, -0.2) is 9.59 Å². The van der Waals surface area contributed by atoms with Crippen LogP contribution in [0.3, 0.4) is 0 Å². The van der Waals surface area contributed by atoms with Crippen LogP contribution in [-0.4, -0.2) is 59.3 Å². The summed E-state index contributed by atoms with van der Waals surface area (Å²) in [6.45, 7) is 6.44. The molecule has 0 aromatic carbocycles. The van der Waals surface area contributed by atoms with Crippen molar-refractivity contribution in [1.29, 1.82) is 0 Å². The Kier molecular flexibility index (Phi) is 23.8. The largest absolute Gasteiger partial charge is 0.463 e. The highest BCUT2D eigenvalue weighted by atomic mass is 16.5. The van der Waals surface area contributed by atoms with E-state index in [9.17, 15) is 9.59 Å². The third-order valence-corrected chi connectivity index (χ3v) is 3.95. The van der Waals surface area contributed by atoms with Crippen molar-refractivity contribution >= 4 is 11.9 Å². The number of rotatable bonds is 18. The molecule has 3 N–H and O–H groups in total. The average Bonchev–Trinajstić information content (AvgIpc) is 2.69. The molecule has 7 heteroatoms. The van der Waals surface area contributed by atoms with E-state index >= 15 is 0 Å². The Bertz CT molecular complexity index is 402. The first-order valence-electron chi connectivity index (χ1n) is 11.7. The Balaban J connectivity index is 0. The van der Waals surface area contributed by atoms with Crippen molar-refractivity contribution in [2.24, 2.45) is 0 Å². The van der Waals surface area contributed by atoms with Gasteiger partial charge in [-0.2, -0.15) is 0 Å². The molecule has 0 fully saturated rings. The molecule has 0 saturated carbocycles. The lowest BCUT2D eigenvalue weighted by Crippen LogP contribution is -2.10. The number of hydrogen-bond acceptors (Lipinski definition) is 7. The minimum Gasteiger partial charge on any atom is -0.463 e. The Morgan fingerprint density at radius 2 is 0.871 bits per heavy atom. The van der Waals surface area contributed by atoms with Gasteiger partial charge in [-0.1, -0.05) is 51.4 Å². The number of hydrogen-bond donors (Lipinski definition) is 3. The smallest absolute Gasteiger partial charge is 0.331 e. The van der Waals surface area contributed by atoms with Gasteiger partial charge in [0.15, 0.2) is 0 Å². The first kappa shape index (κ1) is 31.7. The van der Waals surface area contributed by atoms with Crippen LogP contribution in [0.25, 0.3) is 0 Å². The molecule has 184 valence electrons. The van der Waals surface area contributed by atoms with E-state index in [4.69, 9.17) is 24.8 Å². The monoisotopic (exact) mass is 446 g/mol. The highest BCUT2D eigenvalue weighted by Gasteiger charge is 2.01. The molecule has 0 rings (SSSR count). The number of unbranched alkanes of at least 4 members (excludes halogenated alkanes) is 10. The lowest BCUT2D eigenvalue weighted by atomic mass is 10.1. The van der Waals surface area contributed by atoms with Gasteiger partial charge >= 0.3 is 11.9 Å². The molecule has 0 bridgehead atoms. The fraction of sp³-hybridized carbons (Fsp3) is 0.833. The molecule has 0 amide bonds. The topological polar surface area (TPSA) is 113 Å². The Morgan fingerprint density at radius 1 is 0.613 bits per heavy atom. The minimum atomic E-state index is -0.522. The van der Waals surface area contributed by atoms with Gasteiger partial charge in [-0.05, 0) is 46.5 Å². The molecule has 0 spiro atoms. The van der Waals surface area contributed by atoms with Gasteiger partial charge in [0.05, 0.1) is 18.8 Å². The van der Waals surface area contributed by atoms with E-state index in [1.54, 1.807) is 20.8 Å². The highest BCUT2D eigenvalue weighted by Crippen LogP contribution is 2.06. The van der Waals surface area contributed by atoms with Gasteiger partial charge in [0.1, 0.15) is 0 Å². The zero-order valence-corrected chi connectivity index (χ0v) is 19.9. The maximum Gasteiger partial charge on any atom is 0.331 e. The van der Waals surface area contributed by atoms with Gasteiger partial charge in [0.25, 0.3) is 0 Å². The molecule has 0 atom stereocenters. The molecule has 0 unspecified atom stereocenters. The zero-order valence-electron chi connectivity index (χ0n) is 19.9. The van der Waals surface area contributed by atoms with Crippen molar-refractivity contribution < 1.29 is 34.4 Å². The van der Waals surface area contributed by atoms with Crippen molar-refractivity contribution in [3.63, 3.8) is 0 Å². The summed E-state index contributed by atoms with van der Waals surface area (Å²) in [5, 5.41) is 25.8. The summed E-state index contributed by atoms with van der Waals surface area (Å²) >= 11 is 0. The van der Waals surface area contributed by atoms with Crippen LogP contribution in [-0.2, 0) is 19.1 Å². The molecule has 0 heterocycles. The minimum absolute atomic E-state index is 0.248. The number of esters is 2. The third kappa shape index (κ3) is 36.3. The van der Waals surface area contributed by atoms with Crippen LogP contribution in [0.2, 0.25) is 0 Å². The summed E-state index contributed by atoms with van der Waals surface area (Å²) < 4.78 is 10.0. The Hall–Kier alpha value is -1.44. The third-order valence-electron chi connectivity index (χ3n) is 3.95. The van der Waals surface area contributed by atoms with Crippen molar-refractivity contribution in [2.45, 2.75) is 103 Å². The second-order valence-corrected chi connectivity index (χ2v) is 8.53. The molecule has 0 aromatic rings. The van der Waals surface area contributed by atoms with Crippen LogP contribution < -0.4 is 0 Å². The van der Waals surface area contributed by atoms with Crippen LogP contribution in [0, 0.1) is 0 Å². The molecular weight excluding hydrogens is 400 g/mol. The molecule has 0 aliphatic rings. The van der Waals surface area contributed by atoms with Crippen molar-refractivity contribution in [3.8, 4) is 0 Å². The van der Waals surface area contributed by atoms with E-state index in [-0.39, 0.29) is 13.2 Å². The summed E-state index contributed by atoms with van der Waals surface area (Å²) in [4.78, 5) is 22.9. The predicted molar refractivity (Wildman–Crippen MR) is 123 cm³/mol. The Labute approximate surface area is 188 Å². The van der Waals surface area contributed by atoms with Crippen LogP contribution in [0.15, 0.2) is 12.2 Å². The molecular formula is C24H46O7. The zero-order chi connectivity index (χ0) is 23.8. The first-order valence-corrected chi connectivity index (χ1v) is 11.7. The fourth-order valence-electron chi connectivity index (χ4n) is 2.42. The van der Waals surface area contributed by atoms with E-state index < -0.39 is 17.5 Å². The van der Waals surface area contributed by atoms with Crippen molar-refractivity contribution in [3.05, 3.63) is 12.2 Å². The maximum atomic E-state index is 11.5. The highest BCUT2D eigenvalue weighted by molar-refractivity contribution is 5.91. The van der Waals surface area contributed by atoms with Crippen molar-refractivity contribution in [2.75, 3.05) is 26.4 Å². The van der Waals surface area contributed by atoms with Gasteiger partial charge in [0, 0.05) is 25.4 Å². The average molecular weight is 447 g/mol. The molecule has 0 aromatic heterocycles. The molecule has 0 radical (unpaired) electrons. The summed E-state index contributed by atoms with van der Waals surface area (Å²) in [6, 6.07) is 0. The quantitative estimate of drug-likeness (QED) is 0.165. The van der Waals surface area contributed by atoms with Crippen molar-refractivity contribution in [1.82, 2.24) is 0 Å². The van der Waals surface area contributed by atoms with Gasteiger partial charge in [-0.3, -0.25) is 0 Å². The summed E-state index contributed by atoms with van der Waals surface area (Å²) in [5.74, 6) is -1.04. The second-order valence-electron chi connectivity index (χ2n) is 8.53. The summed E-state index contributed by atoms with van der Waals surface area (Å²) in [7, 11) is 0. The second kappa shape index (κ2) is 23.2. The van der Waals surface area contributed by atoms with E-state index in [0.717, 1.165) is 89.2 Å². The standard InChI is InChI=1S/C20H36O6.C4H10O/c21-15-9-5-1-3-7-11-17-25-19(23)13-14-20(24)26-18-12-8-4-2-6-10-16-22;1-4(2,3)5/h13-14,21-22H,1-12,15-18H2;5H,1-3H3/b14-13-;. The lowest BCUT2D eigenvalue weighted by molar-refractivity contribution is -0.140. The van der Waals surface area contributed by atoms with Crippen LogP contribution in [0.5, 0.6) is 0 Å². The van der Waals surface area contributed by atoms with E-state index in [0.29, 0.717) is 13.2 Å². The molecule has 31 heavy (non-hydrogen) atoms. The number of carbonyl (C=O) groups is 2. The van der Waals surface area contributed by atoms with E-state index in [2.05, 4.69) is 0 Å². The molecule has 7 nitrogen and oxygen atoms in total. The van der Waals surface area contributed by atoms with E-state index in [1.165, 1.54) is 0 Å². The predicted octanol–water partition coefficient (Wildman–Crippen LogP) is 4.07. The van der Waals surface area contributed by atoms with Crippen LogP contribution in [0.1, 0.15) is 97.8 Å². The first-order chi connectivity index (χ1) is 14.7. The van der Waals surface area contributed by atoms with Crippen LogP contribution in [0.4, 0.5) is 0 Å². The molecule has 0 aliphatic heterocycles. The summed E-state index contributed by atoms with van der Waals surface area (Å²) in [5.41, 5.74) is -0.500. The van der Waals surface area contributed by atoms with Gasteiger partial charge in [0.2, 0.25) is 0 Å². The maximum absolute atomic E-state index is 11.5. The molecule has 0 aliphatic carbocycles. The number of ether oxygens (including phenoxy) is 2. The number of aliphatic hydroxyl groups excluding tert-OH is 2. The SMILES string of the molecule is CC(C)(C)O.O=C(/C=C\C(=O)OCCCCCCCCO)OCCCCCCCCO. The Morgan fingerprint density at radius 3 is 1.16 bits per heavy atom. The van der Waals surface area contributed by atoms with Crippen LogP contribution >= 0.6 is 0 Å². The fourth-order valence-corrected chi connectivity index (χ4v) is 2.42. The van der Waals surface area contributed by atoms with E-state index in [1.807, 2.05) is 0 Å². The molecule has 0 saturated heterocycles. The van der Waals surface area contributed by atoms with Gasteiger partial charge < -0.3 is 24.8 Å². The van der Waals surface area contributed by atoms with Gasteiger partial charge in [-0.15, -0.1) is 0 Å². The summed E-state index contributed by atoms with van der Waals surface area (Å²) in [6.07, 6.45) is 13.9. The number of carbonyl (C=O) groups excluding carboxylic acids is 2. The number of aliphatic hydroxyl groups is 3.